The van der Waals surface area contributed by atoms with Crippen molar-refractivity contribution in [3.05, 3.63) is 23.9 Å². The molecule has 2 heterocycles. The molecule has 2 bridgehead atoms. The number of hydrogen-bond donors (Lipinski definition) is 2. The van der Waals surface area contributed by atoms with Crippen molar-refractivity contribution in [1.82, 2.24) is 9.88 Å². The smallest absolute Gasteiger partial charge is 0.356 e. The topological polar surface area (TPSA) is 83.7 Å². The van der Waals surface area contributed by atoms with Gasteiger partial charge in [-0.05, 0) is 62.1 Å². The van der Waals surface area contributed by atoms with E-state index in [1.165, 1.54) is 6.42 Å². The number of anilines is 1. The molecule has 7 nitrogen and oxygen atoms in total. The zero-order valence-electron chi connectivity index (χ0n) is 19.8. The molecule has 1 saturated heterocycles. The summed E-state index contributed by atoms with van der Waals surface area (Å²) in [6.45, 7) is 12.7. The molecule has 0 spiro atoms. The van der Waals surface area contributed by atoms with Gasteiger partial charge in [-0.15, -0.1) is 0 Å². The number of hydrogen-bond acceptors (Lipinski definition) is 5. The molecule has 2 aliphatic rings. The molecule has 0 unspecified atom stereocenters. The third kappa shape index (κ3) is 4.49. The van der Waals surface area contributed by atoms with Crippen molar-refractivity contribution >= 4 is 28.5 Å². The maximum absolute atomic E-state index is 13.2. The monoisotopic (exact) mass is 441 g/mol. The highest BCUT2D eigenvalue weighted by molar-refractivity contribution is 6.11. The first-order valence-corrected chi connectivity index (χ1v) is 11.6. The van der Waals surface area contributed by atoms with Gasteiger partial charge in [-0.25, -0.2) is 4.79 Å². The molecule has 2 N–H and O–H groups in total. The summed E-state index contributed by atoms with van der Waals surface area (Å²) in [5.74, 6) is 0.0869. The van der Waals surface area contributed by atoms with Gasteiger partial charge in [0.1, 0.15) is 11.4 Å². The predicted octanol–water partition coefficient (Wildman–Crippen LogP) is 4.58. The number of H-pyrrole nitrogens is 1. The standard InChI is InChI=1S/C25H35N3O4/c1-6-31-17-8-9-19-18(10-17)21(22(26-19)23(30)32-7-2)27-20(29)13-28-15-25(5)12-16(28)11-24(3,4)14-25/h8-10,16,26H,6-7,11-15H2,1-5H3,(H,27,29)/t16-,25+/m1/s1. The molecular weight excluding hydrogens is 406 g/mol. The summed E-state index contributed by atoms with van der Waals surface area (Å²) in [5.41, 5.74) is 2.02. The Labute approximate surface area is 189 Å². The highest BCUT2D eigenvalue weighted by atomic mass is 16.5. The number of rotatable bonds is 7. The van der Waals surface area contributed by atoms with Gasteiger partial charge in [0.15, 0.2) is 0 Å². The van der Waals surface area contributed by atoms with Crippen LogP contribution in [-0.4, -0.2) is 54.1 Å². The molecule has 1 amide bonds. The lowest BCUT2D eigenvalue weighted by atomic mass is 9.65. The van der Waals surface area contributed by atoms with Crippen molar-refractivity contribution in [1.29, 1.82) is 0 Å². The van der Waals surface area contributed by atoms with Crippen LogP contribution in [0, 0.1) is 10.8 Å². The third-order valence-electron chi connectivity index (χ3n) is 6.69. The molecule has 32 heavy (non-hydrogen) atoms. The van der Waals surface area contributed by atoms with Crippen LogP contribution in [0.25, 0.3) is 10.9 Å². The van der Waals surface area contributed by atoms with Gasteiger partial charge in [0.25, 0.3) is 0 Å². The highest BCUT2D eigenvalue weighted by Crippen LogP contribution is 2.52. The summed E-state index contributed by atoms with van der Waals surface area (Å²) in [7, 11) is 0. The summed E-state index contributed by atoms with van der Waals surface area (Å²) < 4.78 is 10.8. The van der Waals surface area contributed by atoms with Crippen LogP contribution in [0.2, 0.25) is 0 Å². The van der Waals surface area contributed by atoms with Crippen LogP contribution in [0.3, 0.4) is 0 Å². The van der Waals surface area contributed by atoms with Gasteiger partial charge < -0.3 is 19.8 Å². The lowest BCUT2D eigenvalue weighted by Crippen LogP contribution is -2.38. The fourth-order valence-corrected chi connectivity index (χ4v) is 6.04. The van der Waals surface area contributed by atoms with E-state index in [9.17, 15) is 9.59 Å². The second-order valence-corrected chi connectivity index (χ2v) is 10.4. The molecule has 2 atom stereocenters. The van der Waals surface area contributed by atoms with Gasteiger partial charge >= 0.3 is 5.97 Å². The zero-order chi connectivity index (χ0) is 23.1. The maximum atomic E-state index is 13.2. The largest absolute Gasteiger partial charge is 0.494 e. The summed E-state index contributed by atoms with van der Waals surface area (Å²) in [6.07, 6.45) is 3.43. The second-order valence-electron chi connectivity index (χ2n) is 10.4. The van der Waals surface area contributed by atoms with Crippen LogP contribution < -0.4 is 10.1 Å². The van der Waals surface area contributed by atoms with Gasteiger partial charge in [-0.1, -0.05) is 20.8 Å². The third-order valence-corrected chi connectivity index (χ3v) is 6.69. The van der Waals surface area contributed by atoms with Crippen LogP contribution in [0.5, 0.6) is 5.75 Å². The van der Waals surface area contributed by atoms with Gasteiger partial charge in [-0.3, -0.25) is 9.69 Å². The number of esters is 1. The van der Waals surface area contributed by atoms with Gasteiger partial charge in [0.05, 0.1) is 25.4 Å². The van der Waals surface area contributed by atoms with E-state index in [0.29, 0.717) is 36.0 Å². The van der Waals surface area contributed by atoms with Crippen LogP contribution >= 0.6 is 0 Å². The molecule has 0 radical (unpaired) electrons. The van der Waals surface area contributed by atoms with Crippen molar-refractivity contribution in [3.8, 4) is 5.75 Å². The Morgan fingerprint density at radius 3 is 2.69 bits per heavy atom. The number of benzene rings is 1. The van der Waals surface area contributed by atoms with E-state index in [4.69, 9.17) is 9.47 Å². The van der Waals surface area contributed by atoms with Crippen molar-refractivity contribution in [2.45, 2.75) is 59.9 Å². The molecule has 1 aliphatic carbocycles. The Morgan fingerprint density at radius 2 is 1.97 bits per heavy atom. The summed E-state index contributed by atoms with van der Waals surface area (Å²) >= 11 is 0. The molecule has 1 aromatic carbocycles. The van der Waals surface area contributed by atoms with E-state index < -0.39 is 5.97 Å². The van der Waals surface area contributed by atoms with E-state index in [0.717, 1.165) is 30.3 Å². The molecule has 1 aromatic heterocycles. The Bertz CT molecular complexity index is 1030. The van der Waals surface area contributed by atoms with Crippen LogP contribution in [0.4, 0.5) is 5.69 Å². The first-order chi connectivity index (χ1) is 15.1. The number of nitrogens with zero attached hydrogens (tertiary/aromatic N) is 1. The number of carbonyl (C=O) groups excluding carboxylic acids is 2. The number of carbonyl (C=O) groups is 2. The lowest BCUT2D eigenvalue weighted by molar-refractivity contribution is -0.117. The number of likely N-dealkylation sites (tertiary alicyclic amines) is 1. The second kappa shape index (κ2) is 8.43. The quantitative estimate of drug-likeness (QED) is 0.615. The van der Waals surface area contributed by atoms with Gasteiger partial charge in [-0.2, -0.15) is 0 Å². The molecule has 7 heteroatoms. The molecule has 2 aromatic rings. The molecule has 2 fully saturated rings. The van der Waals surface area contributed by atoms with Crippen molar-refractivity contribution in [2.75, 3.05) is 31.6 Å². The lowest BCUT2D eigenvalue weighted by Gasteiger charge is -2.39. The Balaban J connectivity index is 1.58. The van der Waals surface area contributed by atoms with Crippen molar-refractivity contribution in [3.63, 3.8) is 0 Å². The summed E-state index contributed by atoms with van der Waals surface area (Å²) in [5, 5.41) is 3.75. The summed E-state index contributed by atoms with van der Waals surface area (Å²) in [4.78, 5) is 31.2. The first kappa shape index (κ1) is 22.6. The Hall–Kier alpha value is -2.54. The molecule has 174 valence electrons. The number of nitrogens with one attached hydrogen (secondary N) is 2. The number of aromatic amines is 1. The number of fused-ring (bicyclic) bond motifs is 3. The van der Waals surface area contributed by atoms with E-state index in [1.807, 2.05) is 25.1 Å². The SMILES string of the molecule is CCOC(=O)c1[nH]c2ccc(OCC)cc2c1NC(=O)CN1C[C@@]2(C)C[C@H]1CC(C)(C)C2. The van der Waals surface area contributed by atoms with Crippen molar-refractivity contribution in [2.24, 2.45) is 10.8 Å². The van der Waals surface area contributed by atoms with Crippen molar-refractivity contribution < 1.29 is 19.1 Å². The highest BCUT2D eigenvalue weighted by Gasteiger charge is 2.49. The van der Waals surface area contributed by atoms with E-state index in [1.54, 1.807) is 6.92 Å². The number of ether oxygens (including phenoxy) is 2. The minimum atomic E-state index is -0.483. The molecule has 4 rings (SSSR count). The van der Waals surface area contributed by atoms with Crippen LogP contribution in [-0.2, 0) is 9.53 Å². The first-order valence-electron chi connectivity index (χ1n) is 11.6. The molecule has 1 aliphatic heterocycles. The Kier molecular flexibility index (Phi) is 5.96. The zero-order valence-corrected chi connectivity index (χ0v) is 19.8. The average molecular weight is 442 g/mol. The van der Waals surface area contributed by atoms with Crippen LogP contribution in [0.15, 0.2) is 18.2 Å². The minimum absolute atomic E-state index is 0.118. The fraction of sp³-hybridized carbons (Fsp3) is 0.600. The van der Waals surface area contributed by atoms with Gasteiger partial charge in [0.2, 0.25) is 5.91 Å². The maximum Gasteiger partial charge on any atom is 0.356 e. The predicted molar refractivity (Wildman–Crippen MR) is 125 cm³/mol. The Morgan fingerprint density at radius 1 is 1.19 bits per heavy atom. The van der Waals surface area contributed by atoms with E-state index in [2.05, 4.69) is 36.0 Å². The molecule has 1 saturated carbocycles. The minimum Gasteiger partial charge on any atom is -0.494 e. The molecular formula is C25H35N3O4. The van der Waals surface area contributed by atoms with E-state index in [-0.39, 0.29) is 23.6 Å². The average Bonchev–Trinajstić information content (AvgIpc) is 3.15. The van der Waals surface area contributed by atoms with Gasteiger partial charge in [0, 0.05) is 23.5 Å². The number of amides is 1. The normalized spacial score (nSPS) is 24.5. The summed E-state index contributed by atoms with van der Waals surface area (Å²) in [6, 6.07) is 5.97. The van der Waals surface area contributed by atoms with Crippen LogP contribution in [0.1, 0.15) is 64.4 Å². The fourth-order valence-electron chi connectivity index (χ4n) is 6.04. The number of aromatic nitrogens is 1. The van der Waals surface area contributed by atoms with E-state index >= 15 is 0 Å².